The maximum absolute atomic E-state index is 12.7. The second-order valence-electron chi connectivity index (χ2n) is 5.95. The second-order valence-corrected chi connectivity index (χ2v) is 5.95. The van der Waals surface area contributed by atoms with E-state index < -0.39 is 11.5 Å². The molecule has 0 bridgehead atoms. The predicted octanol–water partition coefficient (Wildman–Crippen LogP) is 1.27. The van der Waals surface area contributed by atoms with Crippen LogP contribution in [0.5, 0.6) is 0 Å². The number of likely N-dealkylation sites (N-methyl/N-ethyl adjacent to an activating group) is 1. The van der Waals surface area contributed by atoms with Crippen LogP contribution in [0.1, 0.15) is 24.4 Å². The van der Waals surface area contributed by atoms with Gasteiger partial charge < -0.3 is 15.2 Å². The molecule has 1 unspecified atom stereocenters. The number of nitrogens with one attached hydrogen (secondary N) is 2. The van der Waals surface area contributed by atoms with Crippen LogP contribution < -0.4 is 10.6 Å². The van der Waals surface area contributed by atoms with Gasteiger partial charge in [0, 0.05) is 26.0 Å². The monoisotopic (exact) mass is 312 g/mol. The molecule has 1 aliphatic carbocycles. The SMILES string of the molecule is CNC(=O)C(NC(=O)C1(Cn2ccnc2)CC1)c1ccccc1. The van der Waals surface area contributed by atoms with Gasteiger partial charge in [0.25, 0.3) is 0 Å². The minimum Gasteiger partial charge on any atom is -0.357 e. The van der Waals surface area contributed by atoms with Gasteiger partial charge in [-0.1, -0.05) is 30.3 Å². The third kappa shape index (κ3) is 3.26. The van der Waals surface area contributed by atoms with Crippen molar-refractivity contribution in [2.24, 2.45) is 5.41 Å². The fourth-order valence-corrected chi connectivity index (χ4v) is 2.71. The molecule has 1 aliphatic rings. The molecule has 2 N–H and O–H groups in total. The molecule has 0 saturated heterocycles. The van der Waals surface area contributed by atoms with E-state index in [4.69, 9.17) is 0 Å². The third-order valence-corrected chi connectivity index (χ3v) is 4.30. The Morgan fingerprint density at radius 1 is 1.30 bits per heavy atom. The van der Waals surface area contributed by atoms with Crippen molar-refractivity contribution < 1.29 is 9.59 Å². The average Bonchev–Trinajstić information content (AvgIpc) is 3.19. The molecule has 3 rings (SSSR count). The van der Waals surface area contributed by atoms with Gasteiger partial charge in [0.1, 0.15) is 6.04 Å². The summed E-state index contributed by atoms with van der Waals surface area (Å²) >= 11 is 0. The van der Waals surface area contributed by atoms with E-state index in [2.05, 4.69) is 15.6 Å². The Hall–Kier alpha value is -2.63. The molecule has 1 fully saturated rings. The van der Waals surface area contributed by atoms with Gasteiger partial charge in [0.05, 0.1) is 11.7 Å². The van der Waals surface area contributed by atoms with Crippen molar-refractivity contribution in [3.63, 3.8) is 0 Å². The summed E-state index contributed by atoms with van der Waals surface area (Å²) in [5.74, 6) is -0.299. The largest absolute Gasteiger partial charge is 0.357 e. The number of carbonyl (C=O) groups is 2. The van der Waals surface area contributed by atoms with Crippen LogP contribution in [0.2, 0.25) is 0 Å². The molecule has 2 amide bonds. The molecular formula is C17H20N4O2. The summed E-state index contributed by atoms with van der Waals surface area (Å²) < 4.78 is 1.91. The Labute approximate surface area is 134 Å². The fourth-order valence-electron chi connectivity index (χ4n) is 2.71. The Balaban J connectivity index is 1.75. The van der Waals surface area contributed by atoms with Gasteiger partial charge in [-0.05, 0) is 18.4 Å². The minimum absolute atomic E-state index is 0.0800. The van der Waals surface area contributed by atoms with E-state index in [0.717, 1.165) is 18.4 Å². The zero-order chi connectivity index (χ0) is 16.3. The number of rotatable bonds is 6. The Kier molecular flexibility index (Phi) is 4.14. The van der Waals surface area contributed by atoms with Crippen molar-refractivity contribution in [3.8, 4) is 0 Å². The number of benzene rings is 1. The van der Waals surface area contributed by atoms with Crippen LogP contribution in [-0.4, -0.2) is 28.4 Å². The van der Waals surface area contributed by atoms with Gasteiger partial charge in [-0.3, -0.25) is 9.59 Å². The second kappa shape index (κ2) is 6.24. The van der Waals surface area contributed by atoms with E-state index in [1.807, 2.05) is 41.1 Å². The van der Waals surface area contributed by atoms with Crippen LogP contribution in [0.4, 0.5) is 0 Å². The molecule has 6 nitrogen and oxygen atoms in total. The lowest BCUT2D eigenvalue weighted by Crippen LogP contribution is -2.43. The molecule has 1 aromatic heterocycles. The summed E-state index contributed by atoms with van der Waals surface area (Å²) in [5.41, 5.74) is 0.348. The van der Waals surface area contributed by atoms with Crippen LogP contribution in [0, 0.1) is 5.41 Å². The molecule has 1 heterocycles. The molecular weight excluding hydrogens is 292 g/mol. The van der Waals surface area contributed by atoms with E-state index in [-0.39, 0.29) is 11.8 Å². The molecule has 1 saturated carbocycles. The summed E-state index contributed by atoms with van der Waals surface area (Å²) in [7, 11) is 1.57. The lowest BCUT2D eigenvalue weighted by molar-refractivity contribution is -0.132. The third-order valence-electron chi connectivity index (χ3n) is 4.30. The quantitative estimate of drug-likeness (QED) is 0.843. The Morgan fingerprint density at radius 3 is 2.61 bits per heavy atom. The molecule has 0 radical (unpaired) electrons. The van der Waals surface area contributed by atoms with Crippen molar-refractivity contribution in [2.75, 3.05) is 7.05 Å². The maximum Gasteiger partial charge on any atom is 0.246 e. The maximum atomic E-state index is 12.7. The summed E-state index contributed by atoms with van der Waals surface area (Å²) in [6.07, 6.45) is 6.91. The summed E-state index contributed by atoms with van der Waals surface area (Å²) in [6, 6.07) is 8.61. The van der Waals surface area contributed by atoms with Crippen LogP contribution in [0.25, 0.3) is 0 Å². The molecule has 120 valence electrons. The molecule has 6 heteroatoms. The number of nitrogens with zero attached hydrogens (tertiary/aromatic N) is 2. The number of hydrogen-bond donors (Lipinski definition) is 2. The predicted molar refractivity (Wildman–Crippen MR) is 85.3 cm³/mol. The van der Waals surface area contributed by atoms with Gasteiger partial charge in [0.2, 0.25) is 11.8 Å². The molecule has 1 aromatic carbocycles. The zero-order valence-corrected chi connectivity index (χ0v) is 13.0. The van der Waals surface area contributed by atoms with Crippen molar-refractivity contribution in [1.29, 1.82) is 0 Å². The minimum atomic E-state index is -0.672. The number of aromatic nitrogens is 2. The van der Waals surface area contributed by atoms with Crippen molar-refractivity contribution >= 4 is 11.8 Å². The number of imidazole rings is 1. The van der Waals surface area contributed by atoms with Crippen molar-refractivity contribution in [1.82, 2.24) is 20.2 Å². The summed E-state index contributed by atoms with van der Waals surface area (Å²) in [4.78, 5) is 28.9. The highest BCUT2D eigenvalue weighted by Gasteiger charge is 2.50. The van der Waals surface area contributed by atoms with Crippen molar-refractivity contribution in [2.45, 2.75) is 25.4 Å². The summed E-state index contributed by atoms with van der Waals surface area (Å²) in [5, 5.41) is 5.53. The Morgan fingerprint density at radius 2 is 2.04 bits per heavy atom. The van der Waals surface area contributed by atoms with E-state index >= 15 is 0 Å². The zero-order valence-electron chi connectivity index (χ0n) is 13.0. The molecule has 2 aromatic rings. The molecule has 1 atom stereocenters. The van der Waals surface area contributed by atoms with Gasteiger partial charge >= 0.3 is 0 Å². The highest BCUT2D eigenvalue weighted by molar-refractivity contribution is 5.92. The lowest BCUT2D eigenvalue weighted by Gasteiger charge is -2.22. The van der Waals surface area contributed by atoms with Gasteiger partial charge in [-0.2, -0.15) is 0 Å². The number of carbonyl (C=O) groups excluding carboxylic acids is 2. The standard InChI is InChI=1S/C17H20N4O2/c1-18-15(22)14(13-5-3-2-4-6-13)20-16(23)17(7-8-17)11-21-10-9-19-12-21/h2-6,9-10,12,14H,7-8,11H2,1H3,(H,18,22)(H,20,23). The van der Waals surface area contributed by atoms with Crippen LogP contribution >= 0.6 is 0 Å². The van der Waals surface area contributed by atoms with E-state index in [1.54, 1.807) is 19.6 Å². The van der Waals surface area contributed by atoms with Gasteiger partial charge in [0.15, 0.2) is 0 Å². The lowest BCUT2D eigenvalue weighted by atomic mass is 10.0. The summed E-state index contributed by atoms with van der Waals surface area (Å²) in [6.45, 7) is 0.591. The Bertz CT molecular complexity index is 678. The first-order chi connectivity index (χ1) is 11.1. The first kappa shape index (κ1) is 15.3. The van der Waals surface area contributed by atoms with Crippen LogP contribution in [0.3, 0.4) is 0 Å². The normalized spacial score (nSPS) is 16.4. The fraction of sp³-hybridized carbons (Fsp3) is 0.353. The van der Waals surface area contributed by atoms with E-state index in [9.17, 15) is 9.59 Å². The van der Waals surface area contributed by atoms with Gasteiger partial charge in [-0.15, -0.1) is 0 Å². The first-order valence-electron chi connectivity index (χ1n) is 7.68. The highest BCUT2D eigenvalue weighted by atomic mass is 16.2. The molecule has 23 heavy (non-hydrogen) atoms. The van der Waals surface area contributed by atoms with E-state index in [0.29, 0.717) is 6.54 Å². The molecule has 0 aliphatic heterocycles. The number of amides is 2. The number of hydrogen-bond acceptors (Lipinski definition) is 3. The van der Waals surface area contributed by atoms with Crippen molar-refractivity contribution in [3.05, 3.63) is 54.6 Å². The van der Waals surface area contributed by atoms with E-state index in [1.165, 1.54) is 0 Å². The first-order valence-corrected chi connectivity index (χ1v) is 7.68. The highest BCUT2D eigenvalue weighted by Crippen LogP contribution is 2.47. The van der Waals surface area contributed by atoms with Crippen LogP contribution in [-0.2, 0) is 16.1 Å². The molecule has 0 spiro atoms. The van der Waals surface area contributed by atoms with Crippen LogP contribution in [0.15, 0.2) is 49.1 Å². The average molecular weight is 312 g/mol. The van der Waals surface area contributed by atoms with Gasteiger partial charge in [-0.25, -0.2) is 4.98 Å². The smallest absolute Gasteiger partial charge is 0.246 e. The topological polar surface area (TPSA) is 76.0 Å².